The molecular weight excluding hydrogens is 829 g/mol. The van der Waals surface area contributed by atoms with Crippen LogP contribution >= 0.6 is 11.3 Å². The molecule has 0 aliphatic rings. The van der Waals surface area contributed by atoms with Crippen LogP contribution in [0.2, 0.25) is 0 Å². The van der Waals surface area contributed by atoms with Crippen LogP contribution in [0.15, 0.2) is 203 Å². The lowest BCUT2D eigenvalue weighted by Gasteiger charge is -2.15. The fourth-order valence-electron chi connectivity index (χ4n) is 10.4. The van der Waals surface area contributed by atoms with Crippen LogP contribution in [0, 0.1) is 0 Å². The fourth-order valence-corrected chi connectivity index (χ4v) is 11.5. The highest BCUT2D eigenvalue weighted by molar-refractivity contribution is 7.25. The van der Waals surface area contributed by atoms with E-state index in [4.69, 9.17) is 23.8 Å². The maximum atomic E-state index is 7.23. The van der Waals surface area contributed by atoms with E-state index in [2.05, 4.69) is 180 Å². The lowest BCUT2D eigenvalue weighted by Crippen LogP contribution is -2.04. The predicted octanol–water partition coefficient (Wildman–Crippen LogP) is 16.4. The molecule has 10 aromatic carbocycles. The largest absolute Gasteiger partial charge is 0.456 e. The van der Waals surface area contributed by atoms with Gasteiger partial charge in [0.2, 0.25) is 0 Å². The van der Waals surface area contributed by atoms with Crippen LogP contribution in [-0.4, -0.2) is 19.5 Å². The zero-order valence-electron chi connectivity index (χ0n) is 35.0. The number of fused-ring (bicyclic) bond motifs is 15. The van der Waals surface area contributed by atoms with Gasteiger partial charge < -0.3 is 13.4 Å². The van der Waals surface area contributed by atoms with E-state index in [-0.39, 0.29) is 0 Å². The van der Waals surface area contributed by atoms with E-state index in [1.54, 1.807) is 11.3 Å². The van der Waals surface area contributed by atoms with E-state index in [9.17, 15) is 0 Å². The minimum absolute atomic E-state index is 0.506. The molecule has 0 spiro atoms. The molecule has 0 bridgehead atoms. The Morgan fingerprint density at radius 2 is 0.955 bits per heavy atom. The summed E-state index contributed by atoms with van der Waals surface area (Å²) in [7, 11) is 0. The Labute approximate surface area is 379 Å². The molecule has 0 fully saturated rings. The second-order valence-electron chi connectivity index (χ2n) is 17.1. The molecule has 0 amide bonds. The standard InChI is InChI=1S/C59H32N4O2S/c1-2-13-35-30-49-46(29-34(35)12-1)39-15-5-8-18-47(39)63(49)48-28-27-45-44-26-21-33-11-3-4-14-38(33)55(44)65-56(45)54(48)59-61-57(36-22-24-41-40-16-6-9-19-50(40)64-51(41)31-36)60-58(62-59)37-23-25-43-42-17-7-10-20-52(42)66-53(43)32-37/h1-32H. The number of hydrogen-bond donors (Lipinski definition) is 0. The topological polar surface area (TPSA) is 69.9 Å². The molecule has 5 heterocycles. The first-order chi connectivity index (χ1) is 32.7. The van der Waals surface area contributed by atoms with Crippen LogP contribution in [0.4, 0.5) is 0 Å². The zero-order chi connectivity index (χ0) is 43.0. The molecule has 15 rings (SSSR count). The highest BCUT2D eigenvalue weighted by atomic mass is 32.1. The molecular formula is C59H32N4O2S. The molecule has 0 aliphatic heterocycles. The third-order valence-electron chi connectivity index (χ3n) is 13.4. The molecule has 15 aromatic rings. The van der Waals surface area contributed by atoms with Crippen LogP contribution < -0.4 is 0 Å². The minimum Gasteiger partial charge on any atom is -0.456 e. The number of furan rings is 2. The summed E-state index contributed by atoms with van der Waals surface area (Å²) in [6.07, 6.45) is 0. The first kappa shape index (κ1) is 35.8. The van der Waals surface area contributed by atoms with E-state index >= 15 is 0 Å². The highest BCUT2D eigenvalue weighted by Crippen LogP contribution is 2.45. The molecule has 0 unspecified atom stereocenters. The average Bonchev–Trinajstić information content (AvgIpc) is 4.13. The molecule has 0 aliphatic carbocycles. The van der Waals surface area contributed by atoms with Crippen molar-refractivity contribution in [3.05, 3.63) is 194 Å². The summed E-state index contributed by atoms with van der Waals surface area (Å²) in [5.41, 5.74) is 8.71. The van der Waals surface area contributed by atoms with Crippen molar-refractivity contribution in [3.63, 3.8) is 0 Å². The van der Waals surface area contributed by atoms with Crippen molar-refractivity contribution in [3.8, 4) is 39.9 Å². The predicted molar refractivity (Wildman–Crippen MR) is 273 cm³/mol. The zero-order valence-corrected chi connectivity index (χ0v) is 35.8. The maximum absolute atomic E-state index is 7.23. The molecule has 0 radical (unpaired) electrons. The summed E-state index contributed by atoms with van der Waals surface area (Å²) >= 11 is 1.78. The van der Waals surface area contributed by atoms with Gasteiger partial charge in [-0.25, -0.2) is 15.0 Å². The van der Waals surface area contributed by atoms with Crippen molar-refractivity contribution in [2.45, 2.75) is 0 Å². The van der Waals surface area contributed by atoms with Crippen molar-refractivity contribution in [2.24, 2.45) is 0 Å². The number of hydrogen-bond acceptors (Lipinski definition) is 6. The van der Waals surface area contributed by atoms with Crippen LogP contribution in [0.5, 0.6) is 0 Å². The first-order valence-corrected chi connectivity index (χ1v) is 22.9. The number of benzene rings is 10. The second-order valence-corrected chi connectivity index (χ2v) is 18.2. The Bertz CT molecular complexity index is 4420. The van der Waals surface area contributed by atoms with Gasteiger partial charge in [-0.15, -0.1) is 11.3 Å². The summed E-state index contributed by atoms with van der Waals surface area (Å²) < 4.78 is 18.5. The van der Waals surface area contributed by atoms with Gasteiger partial charge in [-0.05, 0) is 82.9 Å². The Hall–Kier alpha value is -8.65. The number of rotatable bonds is 4. The highest BCUT2D eigenvalue weighted by Gasteiger charge is 2.26. The van der Waals surface area contributed by atoms with Gasteiger partial charge in [0.25, 0.3) is 0 Å². The van der Waals surface area contributed by atoms with Crippen LogP contribution in [0.25, 0.3) is 147 Å². The van der Waals surface area contributed by atoms with Gasteiger partial charge in [-0.1, -0.05) is 127 Å². The molecule has 66 heavy (non-hydrogen) atoms. The number of aromatic nitrogens is 4. The van der Waals surface area contributed by atoms with E-state index < -0.39 is 0 Å². The van der Waals surface area contributed by atoms with Crippen LogP contribution in [-0.2, 0) is 0 Å². The average molecular weight is 861 g/mol. The first-order valence-electron chi connectivity index (χ1n) is 22.1. The minimum atomic E-state index is 0.506. The van der Waals surface area contributed by atoms with Gasteiger partial charge in [0.15, 0.2) is 17.5 Å². The Kier molecular flexibility index (Phi) is 7.28. The number of para-hydroxylation sites is 2. The Morgan fingerprint density at radius 3 is 1.82 bits per heavy atom. The lowest BCUT2D eigenvalue weighted by molar-refractivity contribution is 0.669. The summed E-state index contributed by atoms with van der Waals surface area (Å²) in [4.78, 5) is 16.3. The van der Waals surface area contributed by atoms with Crippen molar-refractivity contribution in [1.29, 1.82) is 0 Å². The van der Waals surface area contributed by atoms with Crippen LogP contribution in [0.1, 0.15) is 0 Å². The van der Waals surface area contributed by atoms with Gasteiger partial charge in [-0.2, -0.15) is 0 Å². The van der Waals surface area contributed by atoms with Crippen LogP contribution in [0.3, 0.4) is 0 Å². The number of nitrogens with zero attached hydrogens (tertiary/aromatic N) is 4. The molecule has 5 aromatic heterocycles. The van der Waals surface area contributed by atoms with Gasteiger partial charge in [0, 0.05) is 69.0 Å². The fraction of sp³-hybridized carbons (Fsp3) is 0. The summed E-state index contributed by atoms with van der Waals surface area (Å²) in [6.45, 7) is 0. The summed E-state index contributed by atoms with van der Waals surface area (Å²) in [5, 5.41) is 13.4. The maximum Gasteiger partial charge on any atom is 0.170 e. The third-order valence-corrected chi connectivity index (χ3v) is 14.6. The molecule has 306 valence electrons. The lowest BCUT2D eigenvalue weighted by atomic mass is 10.0. The smallest absolute Gasteiger partial charge is 0.170 e. The van der Waals surface area contributed by atoms with Gasteiger partial charge in [0.1, 0.15) is 22.3 Å². The van der Waals surface area contributed by atoms with Crippen molar-refractivity contribution >= 4 is 119 Å². The summed E-state index contributed by atoms with van der Waals surface area (Å²) in [6, 6.07) is 68.6. The third kappa shape index (κ3) is 5.14. The molecule has 0 saturated heterocycles. The molecule has 0 N–H and O–H groups in total. The van der Waals surface area contributed by atoms with E-state index in [1.807, 2.05) is 18.2 Å². The normalized spacial score (nSPS) is 12.2. The second kappa shape index (κ2) is 13.4. The van der Waals surface area contributed by atoms with Crippen molar-refractivity contribution in [1.82, 2.24) is 19.5 Å². The summed E-state index contributed by atoms with van der Waals surface area (Å²) in [5.74, 6) is 1.61. The molecule has 0 atom stereocenters. The molecule has 6 nitrogen and oxygen atoms in total. The Balaban J connectivity index is 1.07. The van der Waals surface area contributed by atoms with E-state index in [1.165, 1.54) is 30.9 Å². The quantitative estimate of drug-likeness (QED) is 0.176. The van der Waals surface area contributed by atoms with E-state index in [0.29, 0.717) is 23.1 Å². The Morgan fingerprint density at radius 1 is 0.348 bits per heavy atom. The molecule has 0 saturated carbocycles. The van der Waals surface area contributed by atoms with Crippen molar-refractivity contribution < 1.29 is 8.83 Å². The van der Waals surface area contributed by atoms with Gasteiger partial charge in [0.05, 0.1) is 22.3 Å². The van der Waals surface area contributed by atoms with E-state index in [0.717, 1.165) is 93.2 Å². The van der Waals surface area contributed by atoms with Gasteiger partial charge >= 0.3 is 0 Å². The number of thiophene rings is 1. The molecule has 7 heteroatoms. The van der Waals surface area contributed by atoms with Gasteiger partial charge in [-0.3, -0.25) is 0 Å². The SMILES string of the molecule is c1ccc2cc3c(cc2c1)c1ccccc1n3-c1ccc2c(oc3c4ccccc4ccc23)c1-c1nc(-c2ccc3c(c2)oc2ccccc23)nc(-c2ccc3c(c2)sc2ccccc23)n1. The van der Waals surface area contributed by atoms with Crippen molar-refractivity contribution in [2.75, 3.05) is 0 Å². The monoisotopic (exact) mass is 860 g/mol.